The van der Waals surface area contributed by atoms with E-state index in [0.29, 0.717) is 11.4 Å². The molecule has 2 aromatic carbocycles. The number of para-hydroxylation sites is 2. The van der Waals surface area contributed by atoms with E-state index in [4.69, 9.17) is 0 Å². The van der Waals surface area contributed by atoms with Gasteiger partial charge in [-0.15, -0.1) is 0 Å². The Hall–Kier alpha value is -2.82. The van der Waals surface area contributed by atoms with E-state index in [1.807, 2.05) is 77.9 Å². The van der Waals surface area contributed by atoms with Crippen LogP contribution in [-0.4, -0.2) is 40.0 Å². The fraction of sp³-hybridized carbons (Fsp3) is 0.500. The molecule has 2 heterocycles. The van der Waals surface area contributed by atoms with Gasteiger partial charge in [-0.3, -0.25) is 0 Å². The Morgan fingerprint density at radius 1 is 1.00 bits per heavy atom. The number of aromatic nitrogens is 2. The minimum atomic E-state index is -0.263. The standard InChI is InChI=1S/C24H29FN4.3C2H6/c1-5-17(2)28-13-12-24(3,4)29(15-14-28)18-10-11-20(25)19(16-18)23-26-21-8-6-7-9-22(21)27-23;3*1-2/h6-11,16H,2,5,12-15H2,1,3-4H3,(H,26,27);3*1-2H3. The maximum Gasteiger partial charge on any atom is 0.141 e. The summed E-state index contributed by atoms with van der Waals surface area (Å²) in [7, 11) is 0. The highest BCUT2D eigenvalue weighted by Gasteiger charge is 2.31. The molecule has 0 bridgehead atoms. The summed E-state index contributed by atoms with van der Waals surface area (Å²) in [6, 6.07) is 13.2. The molecule has 1 N–H and O–H groups in total. The van der Waals surface area contributed by atoms with Gasteiger partial charge in [-0.1, -0.05) is 67.2 Å². The van der Waals surface area contributed by atoms with Crippen LogP contribution in [0.1, 0.15) is 75.2 Å². The zero-order chi connectivity index (χ0) is 26.6. The second-order valence-corrected chi connectivity index (χ2v) is 8.39. The van der Waals surface area contributed by atoms with Crippen LogP contribution in [0.4, 0.5) is 10.1 Å². The molecule has 0 unspecified atom stereocenters. The van der Waals surface area contributed by atoms with Crippen molar-refractivity contribution in [3.63, 3.8) is 0 Å². The molecule has 0 atom stereocenters. The van der Waals surface area contributed by atoms with Gasteiger partial charge >= 0.3 is 0 Å². The van der Waals surface area contributed by atoms with Crippen molar-refractivity contribution in [1.82, 2.24) is 14.9 Å². The quantitative estimate of drug-likeness (QED) is 0.404. The summed E-state index contributed by atoms with van der Waals surface area (Å²) in [5.41, 5.74) is 4.44. The molecule has 3 aromatic rings. The van der Waals surface area contributed by atoms with Gasteiger partial charge < -0.3 is 14.8 Å². The van der Waals surface area contributed by atoms with Crippen molar-refractivity contribution in [3.8, 4) is 11.4 Å². The predicted molar refractivity (Wildman–Crippen MR) is 153 cm³/mol. The summed E-state index contributed by atoms with van der Waals surface area (Å²) >= 11 is 0. The molecule has 194 valence electrons. The van der Waals surface area contributed by atoms with E-state index in [0.717, 1.165) is 49.2 Å². The van der Waals surface area contributed by atoms with Gasteiger partial charge in [-0.25, -0.2) is 9.37 Å². The molecule has 4 rings (SSSR count). The zero-order valence-electron chi connectivity index (χ0n) is 23.5. The Bertz CT molecular complexity index is 1000. The van der Waals surface area contributed by atoms with Crippen molar-refractivity contribution in [2.24, 2.45) is 0 Å². The lowest BCUT2D eigenvalue weighted by atomic mass is 9.97. The largest absolute Gasteiger partial charge is 0.373 e. The second kappa shape index (κ2) is 14.6. The number of allylic oxidation sites excluding steroid dienone is 1. The number of halogens is 1. The summed E-state index contributed by atoms with van der Waals surface area (Å²) in [4.78, 5) is 12.6. The van der Waals surface area contributed by atoms with Gasteiger partial charge in [-0.05, 0) is 57.0 Å². The minimum Gasteiger partial charge on any atom is -0.373 e. The third-order valence-electron chi connectivity index (χ3n) is 6.08. The SMILES string of the molecule is C=C(CC)N1CCN(c2ccc(F)c(-c3nc4ccccc4[nH]3)c2)C(C)(C)CC1.CC.CC.CC. The van der Waals surface area contributed by atoms with E-state index in [2.05, 4.69) is 47.1 Å². The Balaban J connectivity index is 0.000000949. The van der Waals surface area contributed by atoms with Gasteiger partial charge in [0, 0.05) is 36.6 Å². The van der Waals surface area contributed by atoms with E-state index in [1.54, 1.807) is 6.07 Å². The molecule has 1 saturated heterocycles. The number of H-pyrrole nitrogens is 1. The van der Waals surface area contributed by atoms with Crippen molar-refractivity contribution >= 4 is 16.7 Å². The molecule has 1 aliphatic rings. The molecule has 1 aliphatic heterocycles. The molecular weight excluding hydrogens is 435 g/mol. The number of nitrogens with zero attached hydrogens (tertiary/aromatic N) is 3. The van der Waals surface area contributed by atoms with Crippen LogP contribution in [0, 0.1) is 5.82 Å². The van der Waals surface area contributed by atoms with Crippen molar-refractivity contribution in [3.05, 3.63) is 60.6 Å². The summed E-state index contributed by atoms with van der Waals surface area (Å²) in [6.45, 7) is 25.7. The fourth-order valence-electron chi connectivity index (χ4n) is 4.14. The first-order chi connectivity index (χ1) is 16.9. The third kappa shape index (κ3) is 7.33. The fourth-order valence-corrected chi connectivity index (χ4v) is 4.14. The molecule has 0 saturated carbocycles. The first-order valence-electron chi connectivity index (χ1n) is 13.3. The second-order valence-electron chi connectivity index (χ2n) is 8.39. The normalized spacial score (nSPS) is 14.5. The van der Waals surface area contributed by atoms with Crippen LogP contribution in [0.3, 0.4) is 0 Å². The Labute approximate surface area is 213 Å². The number of aromatic amines is 1. The van der Waals surface area contributed by atoms with Crippen LogP contribution in [0.25, 0.3) is 22.4 Å². The lowest BCUT2D eigenvalue weighted by Crippen LogP contribution is -2.44. The van der Waals surface area contributed by atoms with Crippen molar-refractivity contribution in [1.29, 1.82) is 0 Å². The number of hydrogen-bond donors (Lipinski definition) is 1. The summed E-state index contributed by atoms with van der Waals surface area (Å²) < 4.78 is 14.7. The molecular formula is C30H47FN4. The number of rotatable bonds is 4. The van der Waals surface area contributed by atoms with E-state index >= 15 is 0 Å². The number of fused-ring (bicyclic) bond motifs is 1. The first-order valence-corrected chi connectivity index (χ1v) is 13.3. The molecule has 0 spiro atoms. The van der Waals surface area contributed by atoms with E-state index < -0.39 is 0 Å². The van der Waals surface area contributed by atoms with Crippen LogP contribution >= 0.6 is 0 Å². The number of imidazole rings is 1. The van der Waals surface area contributed by atoms with E-state index in [9.17, 15) is 4.39 Å². The van der Waals surface area contributed by atoms with Crippen molar-refractivity contribution < 1.29 is 4.39 Å². The van der Waals surface area contributed by atoms with Gasteiger partial charge in [-0.2, -0.15) is 0 Å². The maximum absolute atomic E-state index is 14.7. The summed E-state index contributed by atoms with van der Waals surface area (Å²) in [6.07, 6.45) is 1.98. The number of benzene rings is 2. The first kappa shape index (κ1) is 30.2. The van der Waals surface area contributed by atoms with Gasteiger partial charge in [0.15, 0.2) is 0 Å². The predicted octanol–water partition coefficient (Wildman–Crippen LogP) is 8.66. The topological polar surface area (TPSA) is 35.2 Å². The van der Waals surface area contributed by atoms with Gasteiger partial charge in [0.1, 0.15) is 11.6 Å². The van der Waals surface area contributed by atoms with Gasteiger partial charge in [0.05, 0.1) is 16.6 Å². The Kier molecular flexibility index (Phi) is 12.6. The highest BCUT2D eigenvalue weighted by Crippen LogP contribution is 2.33. The number of nitrogens with one attached hydrogen (secondary N) is 1. The average molecular weight is 483 g/mol. The smallest absolute Gasteiger partial charge is 0.141 e. The summed E-state index contributed by atoms with van der Waals surface area (Å²) in [5, 5.41) is 0. The van der Waals surface area contributed by atoms with Crippen molar-refractivity contribution in [2.75, 3.05) is 24.5 Å². The molecule has 35 heavy (non-hydrogen) atoms. The lowest BCUT2D eigenvalue weighted by molar-refractivity contribution is 0.343. The van der Waals surface area contributed by atoms with Crippen LogP contribution in [0.15, 0.2) is 54.7 Å². The Morgan fingerprint density at radius 2 is 1.66 bits per heavy atom. The highest BCUT2D eigenvalue weighted by atomic mass is 19.1. The summed E-state index contributed by atoms with van der Waals surface area (Å²) in [5.74, 6) is 0.306. The van der Waals surface area contributed by atoms with Crippen LogP contribution in [-0.2, 0) is 0 Å². The van der Waals surface area contributed by atoms with Crippen LogP contribution < -0.4 is 4.90 Å². The van der Waals surface area contributed by atoms with Crippen molar-refractivity contribution in [2.45, 2.75) is 80.7 Å². The maximum atomic E-state index is 14.7. The van der Waals surface area contributed by atoms with Gasteiger partial charge in [0.25, 0.3) is 0 Å². The lowest BCUT2D eigenvalue weighted by Gasteiger charge is -2.39. The average Bonchev–Trinajstić information content (AvgIpc) is 3.26. The molecule has 4 nitrogen and oxygen atoms in total. The van der Waals surface area contributed by atoms with Crippen LogP contribution in [0.5, 0.6) is 0 Å². The van der Waals surface area contributed by atoms with E-state index in [-0.39, 0.29) is 11.4 Å². The van der Waals surface area contributed by atoms with E-state index in [1.165, 1.54) is 5.70 Å². The van der Waals surface area contributed by atoms with Gasteiger partial charge in [0.2, 0.25) is 0 Å². The minimum absolute atomic E-state index is 0.0360. The van der Waals surface area contributed by atoms with Crippen LogP contribution in [0.2, 0.25) is 0 Å². The molecule has 5 heteroatoms. The molecule has 0 radical (unpaired) electrons. The third-order valence-corrected chi connectivity index (χ3v) is 6.08. The molecule has 0 aliphatic carbocycles. The molecule has 0 amide bonds. The molecule has 1 aromatic heterocycles. The molecule has 1 fully saturated rings. The number of anilines is 1. The zero-order valence-corrected chi connectivity index (χ0v) is 23.5. The Morgan fingerprint density at radius 3 is 2.29 bits per heavy atom. The monoisotopic (exact) mass is 482 g/mol. The number of hydrogen-bond acceptors (Lipinski definition) is 3. The highest BCUT2D eigenvalue weighted by molar-refractivity contribution is 5.80.